The maximum Gasteiger partial charge on any atom is 0.146 e. The van der Waals surface area contributed by atoms with Crippen LogP contribution in [0.5, 0.6) is 0 Å². The Balaban J connectivity index is 2.06. The van der Waals surface area contributed by atoms with Crippen LogP contribution in [0.3, 0.4) is 0 Å². The van der Waals surface area contributed by atoms with E-state index in [-0.39, 0.29) is 0 Å². The fourth-order valence-electron chi connectivity index (χ4n) is 3.21. The van der Waals surface area contributed by atoms with Crippen molar-refractivity contribution in [3.63, 3.8) is 0 Å². The number of benzene rings is 1. The number of nitrogen functional groups attached to an aromatic ring is 1. The van der Waals surface area contributed by atoms with Crippen LogP contribution in [0.15, 0.2) is 40.7 Å². The molecule has 1 fully saturated rings. The van der Waals surface area contributed by atoms with Crippen molar-refractivity contribution in [2.45, 2.75) is 33.6 Å². The van der Waals surface area contributed by atoms with E-state index in [1.54, 1.807) is 0 Å². The van der Waals surface area contributed by atoms with Gasteiger partial charge in [0.1, 0.15) is 5.76 Å². The van der Waals surface area contributed by atoms with Crippen LogP contribution in [0.2, 0.25) is 0 Å². The molecular weight excluding hydrogens is 312 g/mol. The fourth-order valence-corrected chi connectivity index (χ4v) is 3.21. The zero-order valence-electron chi connectivity index (χ0n) is 15.2. The molecule has 132 valence electrons. The summed E-state index contributed by atoms with van der Waals surface area (Å²) in [6.45, 7) is 8.55. The van der Waals surface area contributed by atoms with Gasteiger partial charge in [0.05, 0.1) is 29.4 Å². The molecule has 0 saturated carbocycles. The lowest BCUT2D eigenvalue weighted by molar-refractivity contribution is 0.249. The molecule has 5 heteroatoms. The third kappa shape index (κ3) is 3.45. The summed E-state index contributed by atoms with van der Waals surface area (Å²) in [5.41, 5.74) is 12.1. The van der Waals surface area contributed by atoms with Crippen LogP contribution in [-0.2, 0) is 4.74 Å². The molecule has 0 spiro atoms. The number of nitrogens with one attached hydrogen (secondary N) is 1. The molecule has 1 heterocycles. The maximum absolute atomic E-state index is 8.25. The maximum atomic E-state index is 8.25. The predicted molar refractivity (Wildman–Crippen MR) is 104 cm³/mol. The predicted octanol–water partition coefficient (Wildman–Crippen LogP) is 3.89. The number of nitrogens with zero attached hydrogens (tertiary/aromatic N) is 2. The normalized spacial score (nSPS) is 19.2. The van der Waals surface area contributed by atoms with Crippen molar-refractivity contribution in [3.05, 3.63) is 46.9 Å². The topological polar surface area (TPSA) is 74.7 Å². The van der Waals surface area contributed by atoms with Crippen LogP contribution in [0.4, 0.5) is 11.4 Å². The fraction of sp³-hybridized carbons (Fsp3) is 0.400. The van der Waals surface area contributed by atoms with E-state index in [9.17, 15) is 0 Å². The largest absolute Gasteiger partial charge is 0.492 e. The van der Waals surface area contributed by atoms with Crippen LogP contribution in [-0.4, -0.2) is 36.0 Å². The monoisotopic (exact) mass is 338 g/mol. The second kappa shape index (κ2) is 7.13. The molecule has 0 aromatic heterocycles. The standard InChI is InChI=1S/C20H26N4O/c1-4-25-20-12-18(19(11-16(20)22)24-9-5-6-10-24)23-17-8-7-15(21)13(2)14(17)3/h7-8,11-12,22H,4-6,9-10,21H2,1-3H3/b22-16?,23-18+. The first-order valence-electron chi connectivity index (χ1n) is 8.86. The van der Waals surface area contributed by atoms with Crippen LogP contribution < -0.4 is 5.73 Å². The SMILES string of the molecule is CCOC1=C/C(=N\c2ccc(N)c(C)c2C)C(N2CCCC2)=CC1=N. The van der Waals surface area contributed by atoms with E-state index >= 15 is 0 Å². The molecule has 0 bridgehead atoms. The summed E-state index contributed by atoms with van der Waals surface area (Å²) in [6, 6.07) is 3.86. The smallest absolute Gasteiger partial charge is 0.146 e. The lowest BCUT2D eigenvalue weighted by atomic mass is 10.0. The molecule has 0 amide bonds. The molecule has 25 heavy (non-hydrogen) atoms. The minimum atomic E-state index is 0.410. The van der Waals surface area contributed by atoms with Gasteiger partial charge in [0, 0.05) is 24.9 Å². The summed E-state index contributed by atoms with van der Waals surface area (Å²) in [6.07, 6.45) is 6.14. The lowest BCUT2D eigenvalue weighted by Gasteiger charge is -2.25. The first-order valence-corrected chi connectivity index (χ1v) is 8.86. The van der Waals surface area contributed by atoms with E-state index < -0.39 is 0 Å². The van der Waals surface area contributed by atoms with Crippen molar-refractivity contribution in [2.75, 3.05) is 25.4 Å². The van der Waals surface area contributed by atoms with Crippen LogP contribution in [0.25, 0.3) is 0 Å². The van der Waals surface area contributed by atoms with E-state index in [0.717, 1.165) is 47.0 Å². The van der Waals surface area contributed by atoms with Crippen molar-refractivity contribution in [3.8, 4) is 0 Å². The Morgan fingerprint density at radius 3 is 2.56 bits per heavy atom. The summed E-state index contributed by atoms with van der Waals surface area (Å²) in [4.78, 5) is 7.22. The van der Waals surface area contributed by atoms with Crippen molar-refractivity contribution in [1.29, 1.82) is 5.41 Å². The van der Waals surface area contributed by atoms with Crippen LogP contribution in [0, 0.1) is 19.3 Å². The Hall–Kier alpha value is -2.56. The molecule has 1 aliphatic heterocycles. The molecule has 3 N–H and O–H groups in total. The van der Waals surface area contributed by atoms with Gasteiger partial charge in [0.2, 0.25) is 0 Å². The molecule has 0 radical (unpaired) electrons. The van der Waals surface area contributed by atoms with Crippen molar-refractivity contribution >= 4 is 22.8 Å². The van der Waals surface area contributed by atoms with Gasteiger partial charge >= 0.3 is 0 Å². The molecule has 0 unspecified atom stereocenters. The third-order valence-electron chi connectivity index (χ3n) is 4.86. The number of ether oxygens (including phenoxy) is 1. The average molecular weight is 338 g/mol. The number of hydrogen-bond acceptors (Lipinski definition) is 5. The number of likely N-dealkylation sites (tertiary alicyclic amines) is 1. The summed E-state index contributed by atoms with van der Waals surface area (Å²) in [7, 11) is 0. The minimum Gasteiger partial charge on any atom is -0.492 e. The second-order valence-electron chi connectivity index (χ2n) is 6.50. The number of anilines is 1. The molecular formula is C20H26N4O. The van der Waals surface area contributed by atoms with Gasteiger partial charge in [-0.1, -0.05) is 0 Å². The molecule has 1 saturated heterocycles. The van der Waals surface area contributed by atoms with Crippen molar-refractivity contribution in [1.82, 2.24) is 4.90 Å². The Morgan fingerprint density at radius 1 is 1.16 bits per heavy atom. The van der Waals surface area contributed by atoms with E-state index in [4.69, 9.17) is 20.9 Å². The Morgan fingerprint density at radius 2 is 1.88 bits per heavy atom. The van der Waals surface area contributed by atoms with Gasteiger partial charge in [-0.15, -0.1) is 0 Å². The lowest BCUT2D eigenvalue weighted by Crippen LogP contribution is -2.28. The Kier molecular flexibility index (Phi) is 4.93. The van der Waals surface area contributed by atoms with Crippen molar-refractivity contribution in [2.24, 2.45) is 4.99 Å². The van der Waals surface area contributed by atoms with Gasteiger partial charge in [-0.2, -0.15) is 0 Å². The highest BCUT2D eigenvalue weighted by atomic mass is 16.5. The number of rotatable bonds is 4. The number of allylic oxidation sites excluding steroid dienone is 2. The first-order chi connectivity index (χ1) is 12.0. The first kappa shape index (κ1) is 17.3. The molecule has 0 atom stereocenters. The number of nitrogens with two attached hydrogens (primary N) is 1. The molecule has 1 aliphatic carbocycles. The summed E-state index contributed by atoms with van der Waals surface area (Å²) >= 11 is 0. The highest BCUT2D eigenvalue weighted by molar-refractivity contribution is 6.22. The number of hydrogen-bond donors (Lipinski definition) is 2. The highest BCUT2D eigenvalue weighted by Gasteiger charge is 2.24. The third-order valence-corrected chi connectivity index (χ3v) is 4.86. The van der Waals surface area contributed by atoms with E-state index in [1.807, 2.05) is 45.1 Å². The molecule has 3 rings (SSSR count). The summed E-state index contributed by atoms with van der Waals surface area (Å²) < 4.78 is 5.62. The van der Waals surface area contributed by atoms with E-state index in [1.165, 1.54) is 12.8 Å². The molecule has 1 aromatic carbocycles. The molecule has 1 aromatic rings. The Bertz CT molecular complexity index is 783. The second-order valence-corrected chi connectivity index (χ2v) is 6.50. The van der Waals surface area contributed by atoms with Gasteiger partial charge in [-0.05, 0) is 62.9 Å². The van der Waals surface area contributed by atoms with Gasteiger partial charge < -0.3 is 15.4 Å². The van der Waals surface area contributed by atoms with Crippen molar-refractivity contribution < 1.29 is 4.74 Å². The van der Waals surface area contributed by atoms with Gasteiger partial charge in [-0.25, -0.2) is 4.99 Å². The average Bonchev–Trinajstić information content (AvgIpc) is 3.12. The quantitative estimate of drug-likeness (QED) is 0.646. The summed E-state index contributed by atoms with van der Waals surface area (Å²) in [5.74, 6) is 0.578. The Labute approximate surface area is 149 Å². The molecule has 5 nitrogen and oxygen atoms in total. The zero-order valence-corrected chi connectivity index (χ0v) is 15.2. The van der Waals surface area contributed by atoms with Crippen LogP contribution >= 0.6 is 0 Å². The molecule has 2 aliphatic rings. The highest BCUT2D eigenvalue weighted by Crippen LogP contribution is 2.29. The van der Waals surface area contributed by atoms with Gasteiger partial charge in [0.25, 0.3) is 0 Å². The van der Waals surface area contributed by atoms with Crippen LogP contribution in [0.1, 0.15) is 30.9 Å². The summed E-state index contributed by atoms with van der Waals surface area (Å²) in [5, 5.41) is 8.25. The number of aliphatic imine (C=N–C) groups is 1. The zero-order chi connectivity index (χ0) is 18.0. The van der Waals surface area contributed by atoms with E-state index in [0.29, 0.717) is 18.1 Å². The van der Waals surface area contributed by atoms with Gasteiger partial charge in [-0.3, -0.25) is 5.41 Å². The van der Waals surface area contributed by atoms with E-state index in [2.05, 4.69) is 4.90 Å². The minimum absolute atomic E-state index is 0.410. The van der Waals surface area contributed by atoms with Gasteiger partial charge in [0.15, 0.2) is 0 Å².